The van der Waals surface area contributed by atoms with E-state index in [-0.39, 0.29) is 33.2 Å². The first-order valence-corrected chi connectivity index (χ1v) is 8.89. The Morgan fingerprint density at radius 1 is 0.593 bits per heavy atom. The van der Waals surface area contributed by atoms with Gasteiger partial charge in [-0.15, -0.1) is 0 Å². The summed E-state index contributed by atoms with van der Waals surface area (Å²) < 4.78 is 34.2. The average Bonchev–Trinajstić information content (AvgIpc) is 3.42. The minimum absolute atomic E-state index is 0. The van der Waals surface area contributed by atoms with E-state index in [4.69, 9.17) is 28.4 Å². The molecule has 0 N–H and O–H groups in total. The second-order valence-corrected chi connectivity index (χ2v) is 7.06. The quantitative estimate of drug-likeness (QED) is 0.800. The molecule has 6 nitrogen and oxygen atoms in total. The van der Waals surface area contributed by atoms with E-state index in [1.165, 1.54) is 0 Å². The van der Waals surface area contributed by atoms with Gasteiger partial charge in [0.1, 0.15) is 0 Å². The average molecular weight is 370 g/mol. The minimum Gasteiger partial charge on any atom is -0.454 e. The molecule has 4 aliphatic rings. The Labute approximate surface area is 157 Å². The van der Waals surface area contributed by atoms with Gasteiger partial charge in [-0.1, -0.05) is 19.6 Å². The molecule has 0 aliphatic carbocycles. The zero-order valence-corrected chi connectivity index (χ0v) is 14.1. The highest BCUT2D eigenvalue weighted by molar-refractivity contribution is 5.46. The van der Waals surface area contributed by atoms with Crippen molar-refractivity contribution in [2.75, 3.05) is 26.8 Å². The molecule has 0 saturated carbocycles. The second kappa shape index (κ2) is 6.32. The molecule has 6 heteroatoms. The molecule has 2 aromatic carbocycles. The molecule has 2 fully saturated rings. The van der Waals surface area contributed by atoms with Gasteiger partial charge in [0.15, 0.2) is 23.0 Å². The fraction of sp³-hybridized carbons (Fsp3) is 0.429. The number of ether oxygens (including phenoxy) is 6. The number of rotatable bonds is 2. The van der Waals surface area contributed by atoms with E-state index in [1.54, 1.807) is 0 Å². The lowest BCUT2D eigenvalue weighted by atomic mass is 9.85. The van der Waals surface area contributed by atoms with Crippen molar-refractivity contribution in [3.63, 3.8) is 0 Å². The lowest BCUT2D eigenvalue weighted by Gasteiger charge is -2.17. The van der Waals surface area contributed by atoms with E-state index in [9.17, 15) is 0 Å². The lowest BCUT2D eigenvalue weighted by molar-refractivity contribution is 0.0192. The Hall–Kier alpha value is -2.44. The van der Waals surface area contributed by atoms with Gasteiger partial charge >= 0.3 is 0 Å². The normalized spacial score (nSPS) is 29.5. The number of hydrogen-bond acceptors (Lipinski definition) is 6. The fourth-order valence-electron chi connectivity index (χ4n) is 4.41. The van der Waals surface area contributed by atoms with Crippen LogP contribution in [0.5, 0.6) is 23.0 Å². The van der Waals surface area contributed by atoms with Crippen molar-refractivity contribution in [3.8, 4) is 23.0 Å². The van der Waals surface area contributed by atoms with Crippen LogP contribution < -0.4 is 18.9 Å². The maximum atomic E-state index is 6.18. The van der Waals surface area contributed by atoms with E-state index >= 15 is 0 Å². The van der Waals surface area contributed by atoms with Gasteiger partial charge < -0.3 is 28.4 Å². The lowest BCUT2D eigenvalue weighted by Crippen LogP contribution is -2.14. The summed E-state index contributed by atoms with van der Waals surface area (Å²) in [5.74, 6) is 3.83. The van der Waals surface area contributed by atoms with Crippen LogP contribution in [0, 0.1) is 11.8 Å². The molecular weight excluding hydrogens is 348 g/mol. The monoisotopic (exact) mass is 370 g/mol. The molecule has 2 aromatic rings. The summed E-state index contributed by atoms with van der Waals surface area (Å²) in [5.41, 5.74) is 2.24. The Kier molecular flexibility index (Phi) is 3.91. The van der Waals surface area contributed by atoms with Crippen LogP contribution in [0.15, 0.2) is 36.4 Å². The Morgan fingerprint density at radius 2 is 1.04 bits per heavy atom. The third kappa shape index (κ3) is 2.55. The van der Waals surface area contributed by atoms with Crippen LogP contribution in [-0.4, -0.2) is 26.8 Å². The van der Waals surface area contributed by atoms with Gasteiger partial charge in [0.05, 0.1) is 25.4 Å². The number of hydrogen-bond donors (Lipinski definition) is 0. The van der Waals surface area contributed by atoms with Crippen molar-refractivity contribution in [1.29, 1.82) is 0 Å². The molecular formula is C21H22O6. The third-order valence-corrected chi connectivity index (χ3v) is 5.71. The third-order valence-electron chi connectivity index (χ3n) is 5.71. The second-order valence-electron chi connectivity index (χ2n) is 7.06. The molecule has 0 amide bonds. The standard InChI is InChI=1S/C20H18O6.CH4/c1-3-15-17(25-9-23-15)5-11(1)19-13-7-22-20(14(13)8-21-19)12-2-4-16-18(6-12)26-10-24-16;/h1-6,13-14,19-20H,7-10H2;1H4/t13-,14-,19-,20+;/m0./s1. The maximum Gasteiger partial charge on any atom is 0.231 e. The zero-order valence-electron chi connectivity index (χ0n) is 14.1. The van der Waals surface area contributed by atoms with Gasteiger partial charge in [-0.05, 0) is 35.4 Å². The predicted octanol–water partition coefficient (Wildman–Crippen LogP) is 3.86. The van der Waals surface area contributed by atoms with E-state index in [0.29, 0.717) is 25.0 Å². The molecule has 27 heavy (non-hydrogen) atoms. The molecule has 4 aliphatic heterocycles. The first-order chi connectivity index (χ1) is 12.9. The summed E-state index contributed by atoms with van der Waals surface area (Å²) in [5, 5.41) is 0. The number of fused-ring (bicyclic) bond motifs is 3. The van der Waals surface area contributed by atoms with Gasteiger partial charge in [0.25, 0.3) is 0 Å². The van der Waals surface area contributed by atoms with E-state index in [2.05, 4.69) is 12.1 Å². The Morgan fingerprint density at radius 3 is 1.52 bits per heavy atom. The molecule has 142 valence electrons. The molecule has 0 radical (unpaired) electrons. The largest absolute Gasteiger partial charge is 0.454 e. The summed E-state index contributed by atoms with van der Waals surface area (Å²) >= 11 is 0. The van der Waals surface area contributed by atoms with Crippen molar-refractivity contribution >= 4 is 0 Å². The van der Waals surface area contributed by atoms with Crippen LogP contribution in [0.4, 0.5) is 0 Å². The molecule has 0 unspecified atom stereocenters. The van der Waals surface area contributed by atoms with Gasteiger partial charge in [-0.25, -0.2) is 0 Å². The minimum atomic E-state index is 0. The van der Waals surface area contributed by atoms with Crippen LogP contribution in [0.2, 0.25) is 0 Å². The van der Waals surface area contributed by atoms with Crippen LogP contribution in [-0.2, 0) is 9.47 Å². The SMILES string of the molecule is C.c1cc2c(cc1[C@H]1OC[C@H]3[C@@H]1CO[C@H]3c1ccc3c(c1)OCO3)OCO2. The van der Waals surface area contributed by atoms with Crippen LogP contribution in [0.1, 0.15) is 30.8 Å². The highest BCUT2D eigenvalue weighted by atomic mass is 16.7. The summed E-state index contributed by atoms with van der Waals surface area (Å²) in [6.45, 7) is 1.93. The summed E-state index contributed by atoms with van der Waals surface area (Å²) in [6, 6.07) is 12.1. The molecule has 2 saturated heterocycles. The summed E-state index contributed by atoms with van der Waals surface area (Å²) in [6.07, 6.45) is 0.0435. The van der Waals surface area contributed by atoms with Crippen molar-refractivity contribution in [3.05, 3.63) is 47.5 Å². The smallest absolute Gasteiger partial charge is 0.231 e. The van der Waals surface area contributed by atoms with E-state index < -0.39 is 0 Å². The predicted molar refractivity (Wildman–Crippen MR) is 96.2 cm³/mol. The highest BCUT2D eigenvalue weighted by Crippen LogP contribution is 2.52. The molecule has 0 aromatic heterocycles. The summed E-state index contributed by atoms with van der Waals surface area (Å²) in [4.78, 5) is 0. The van der Waals surface area contributed by atoms with Crippen LogP contribution in [0.3, 0.4) is 0 Å². The van der Waals surface area contributed by atoms with E-state index in [0.717, 1.165) is 34.1 Å². The zero-order chi connectivity index (χ0) is 17.1. The topological polar surface area (TPSA) is 55.4 Å². The summed E-state index contributed by atoms with van der Waals surface area (Å²) in [7, 11) is 0. The maximum absolute atomic E-state index is 6.18. The Balaban J connectivity index is 0.00000160. The van der Waals surface area contributed by atoms with Gasteiger partial charge in [0.2, 0.25) is 13.6 Å². The van der Waals surface area contributed by atoms with Crippen molar-refractivity contribution in [2.45, 2.75) is 19.6 Å². The molecule has 0 bridgehead atoms. The first-order valence-electron chi connectivity index (χ1n) is 8.89. The first kappa shape index (κ1) is 16.7. The molecule has 4 heterocycles. The van der Waals surface area contributed by atoms with Crippen molar-refractivity contribution in [2.24, 2.45) is 11.8 Å². The highest BCUT2D eigenvalue weighted by Gasteiger charge is 2.48. The fourth-order valence-corrected chi connectivity index (χ4v) is 4.41. The molecule has 0 spiro atoms. The molecule has 4 atom stereocenters. The molecule has 6 rings (SSSR count). The van der Waals surface area contributed by atoms with Gasteiger partial charge in [-0.2, -0.15) is 0 Å². The van der Waals surface area contributed by atoms with Crippen molar-refractivity contribution < 1.29 is 28.4 Å². The van der Waals surface area contributed by atoms with Crippen molar-refractivity contribution in [1.82, 2.24) is 0 Å². The van der Waals surface area contributed by atoms with E-state index in [1.807, 2.05) is 24.3 Å². The van der Waals surface area contributed by atoms with Crippen LogP contribution in [0.25, 0.3) is 0 Å². The number of benzene rings is 2. The van der Waals surface area contributed by atoms with Crippen LogP contribution >= 0.6 is 0 Å². The van der Waals surface area contributed by atoms with Gasteiger partial charge in [-0.3, -0.25) is 0 Å². The Bertz CT molecular complexity index is 794. The van der Waals surface area contributed by atoms with Gasteiger partial charge in [0, 0.05) is 11.8 Å².